The van der Waals surface area contributed by atoms with Gasteiger partial charge >= 0.3 is 0 Å². The monoisotopic (exact) mass is 340 g/mol. The molecule has 132 valence electrons. The summed E-state index contributed by atoms with van der Waals surface area (Å²) in [5.74, 6) is 1.26. The second-order valence-corrected chi connectivity index (χ2v) is 7.10. The molecule has 2 atom stereocenters. The zero-order valence-electron chi connectivity index (χ0n) is 14.6. The van der Waals surface area contributed by atoms with Crippen LogP contribution in [-0.2, 0) is 9.59 Å². The van der Waals surface area contributed by atoms with Crippen LogP contribution < -0.4 is 0 Å². The van der Waals surface area contributed by atoms with Gasteiger partial charge in [0.05, 0.1) is 17.0 Å². The number of carbonyl (C=O) groups is 2. The predicted octanol–water partition coefficient (Wildman–Crippen LogP) is 2.14. The van der Waals surface area contributed by atoms with E-state index in [9.17, 15) is 9.59 Å². The van der Waals surface area contributed by atoms with Crippen molar-refractivity contribution < 1.29 is 9.59 Å². The third kappa shape index (κ3) is 3.01. The zero-order valence-corrected chi connectivity index (χ0v) is 14.6. The number of nitrogens with zero attached hydrogens (tertiary/aromatic N) is 3. The Morgan fingerprint density at radius 1 is 1.32 bits per heavy atom. The summed E-state index contributed by atoms with van der Waals surface area (Å²) in [7, 11) is 0. The number of nitrogens with one attached hydrogen (secondary N) is 1. The molecule has 0 unspecified atom stereocenters. The summed E-state index contributed by atoms with van der Waals surface area (Å²) >= 11 is 0. The number of carbonyl (C=O) groups excluding carboxylic acids is 2. The summed E-state index contributed by atoms with van der Waals surface area (Å²) in [4.78, 5) is 36.6. The smallest absolute Gasteiger partial charge is 0.228 e. The number of para-hydroxylation sites is 2. The lowest BCUT2D eigenvalue weighted by atomic mass is 9.95. The van der Waals surface area contributed by atoms with Gasteiger partial charge in [0.1, 0.15) is 5.82 Å². The zero-order chi connectivity index (χ0) is 17.4. The number of benzene rings is 1. The van der Waals surface area contributed by atoms with E-state index in [1.807, 2.05) is 36.1 Å². The highest BCUT2D eigenvalue weighted by Crippen LogP contribution is 2.29. The van der Waals surface area contributed by atoms with Crippen LogP contribution in [0.2, 0.25) is 0 Å². The van der Waals surface area contributed by atoms with Crippen LogP contribution in [0, 0.1) is 5.92 Å². The summed E-state index contributed by atoms with van der Waals surface area (Å²) in [6, 6.07) is 8.02. The molecule has 1 aromatic heterocycles. The number of aromatic nitrogens is 2. The molecule has 2 saturated heterocycles. The molecule has 3 heterocycles. The molecule has 2 aliphatic rings. The van der Waals surface area contributed by atoms with Crippen LogP contribution in [0.3, 0.4) is 0 Å². The number of imidazole rings is 1. The lowest BCUT2D eigenvalue weighted by Crippen LogP contribution is -2.43. The number of fused-ring (bicyclic) bond motifs is 1. The van der Waals surface area contributed by atoms with Gasteiger partial charge in [-0.05, 0) is 31.9 Å². The van der Waals surface area contributed by atoms with Gasteiger partial charge in [0, 0.05) is 38.5 Å². The number of piperidine rings is 1. The minimum absolute atomic E-state index is 0.103. The maximum absolute atomic E-state index is 12.9. The predicted molar refractivity (Wildman–Crippen MR) is 95.0 cm³/mol. The molecule has 4 rings (SSSR count). The molecule has 0 aliphatic carbocycles. The number of hydrogen-bond donors (Lipinski definition) is 1. The van der Waals surface area contributed by atoms with Crippen molar-refractivity contribution in [2.24, 2.45) is 5.92 Å². The molecular formula is C19H24N4O2. The van der Waals surface area contributed by atoms with Gasteiger partial charge < -0.3 is 14.8 Å². The highest BCUT2D eigenvalue weighted by atomic mass is 16.2. The van der Waals surface area contributed by atoms with Gasteiger partial charge in [-0.1, -0.05) is 12.1 Å². The number of rotatable bonds is 3. The third-order valence-electron chi connectivity index (χ3n) is 5.47. The van der Waals surface area contributed by atoms with E-state index in [0.717, 1.165) is 36.2 Å². The van der Waals surface area contributed by atoms with Crippen LogP contribution in [0.4, 0.5) is 0 Å². The first-order valence-corrected chi connectivity index (χ1v) is 9.17. The van der Waals surface area contributed by atoms with Gasteiger partial charge in [-0.25, -0.2) is 4.98 Å². The molecule has 2 aromatic rings. The number of amides is 2. The quantitative estimate of drug-likeness (QED) is 0.931. The van der Waals surface area contributed by atoms with Crippen LogP contribution in [0.15, 0.2) is 24.3 Å². The molecule has 0 saturated carbocycles. The van der Waals surface area contributed by atoms with Gasteiger partial charge in [-0.3, -0.25) is 9.59 Å². The summed E-state index contributed by atoms with van der Waals surface area (Å²) in [5.41, 5.74) is 2.02. The molecule has 1 aromatic carbocycles. The van der Waals surface area contributed by atoms with E-state index < -0.39 is 0 Å². The average Bonchev–Trinajstić information content (AvgIpc) is 3.24. The van der Waals surface area contributed by atoms with E-state index in [1.54, 1.807) is 4.90 Å². The molecule has 0 spiro atoms. The van der Waals surface area contributed by atoms with Gasteiger partial charge in [0.15, 0.2) is 0 Å². The Morgan fingerprint density at radius 2 is 2.16 bits per heavy atom. The van der Waals surface area contributed by atoms with Crippen molar-refractivity contribution in [3.05, 3.63) is 30.1 Å². The van der Waals surface area contributed by atoms with E-state index >= 15 is 0 Å². The normalized spacial score (nSPS) is 24.3. The summed E-state index contributed by atoms with van der Waals surface area (Å²) in [6.07, 6.45) is 2.37. The largest absolute Gasteiger partial charge is 0.342 e. The third-order valence-corrected chi connectivity index (χ3v) is 5.47. The molecule has 0 radical (unpaired) electrons. The second kappa shape index (κ2) is 6.50. The maximum Gasteiger partial charge on any atom is 0.228 e. The van der Waals surface area contributed by atoms with E-state index in [2.05, 4.69) is 4.98 Å². The van der Waals surface area contributed by atoms with Crippen LogP contribution >= 0.6 is 0 Å². The summed E-state index contributed by atoms with van der Waals surface area (Å²) < 4.78 is 0. The van der Waals surface area contributed by atoms with Crippen LogP contribution in [0.25, 0.3) is 11.0 Å². The van der Waals surface area contributed by atoms with E-state index in [4.69, 9.17) is 4.98 Å². The topological polar surface area (TPSA) is 69.3 Å². The fourth-order valence-corrected chi connectivity index (χ4v) is 4.07. The molecule has 2 fully saturated rings. The van der Waals surface area contributed by atoms with E-state index in [-0.39, 0.29) is 23.7 Å². The minimum atomic E-state index is -0.179. The first-order chi connectivity index (χ1) is 12.2. The minimum Gasteiger partial charge on any atom is -0.342 e. The van der Waals surface area contributed by atoms with Crippen LogP contribution in [-0.4, -0.2) is 57.8 Å². The Hall–Kier alpha value is -2.37. The average molecular weight is 340 g/mol. The first-order valence-electron chi connectivity index (χ1n) is 9.17. The van der Waals surface area contributed by atoms with Gasteiger partial charge in [-0.2, -0.15) is 0 Å². The van der Waals surface area contributed by atoms with Crippen molar-refractivity contribution in [3.63, 3.8) is 0 Å². The number of H-pyrrole nitrogens is 1. The van der Waals surface area contributed by atoms with E-state index in [0.29, 0.717) is 26.1 Å². The molecule has 2 aliphatic heterocycles. The molecule has 1 N–H and O–H groups in total. The van der Waals surface area contributed by atoms with Crippen molar-refractivity contribution in [3.8, 4) is 0 Å². The molecule has 6 heteroatoms. The Morgan fingerprint density at radius 3 is 2.92 bits per heavy atom. The lowest BCUT2D eigenvalue weighted by molar-refractivity contribution is -0.137. The van der Waals surface area contributed by atoms with Crippen molar-refractivity contribution >= 4 is 22.8 Å². The number of hydrogen-bond acceptors (Lipinski definition) is 3. The molecular weight excluding hydrogens is 316 g/mol. The maximum atomic E-state index is 12.9. The number of aromatic amines is 1. The standard InChI is InChI=1S/C19H24N4O2/c1-2-22-12-14(10-17(22)24)19(25)23-9-5-6-13(11-23)18-20-15-7-3-4-8-16(15)21-18/h3-4,7-8,13-14H,2,5-6,9-12H2,1H3,(H,20,21)/t13-,14+/m1/s1. The second-order valence-electron chi connectivity index (χ2n) is 7.10. The van der Waals surface area contributed by atoms with Crippen molar-refractivity contribution in [2.45, 2.75) is 32.1 Å². The Bertz CT molecular complexity index is 767. The summed E-state index contributed by atoms with van der Waals surface area (Å²) in [6.45, 7) is 4.69. The highest BCUT2D eigenvalue weighted by Gasteiger charge is 2.37. The van der Waals surface area contributed by atoms with Gasteiger partial charge in [0.25, 0.3) is 0 Å². The molecule has 2 amide bonds. The van der Waals surface area contributed by atoms with Crippen LogP contribution in [0.5, 0.6) is 0 Å². The Labute approximate surface area is 147 Å². The highest BCUT2D eigenvalue weighted by molar-refractivity contribution is 5.89. The fraction of sp³-hybridized carbons (Fsp3) is 0.526. The molecule has 0 bridgehead atoms. The van der Waals surface area contributed by atoms with Gasteiger partial charge in [0.2, 0.25) is 11.8 Å². The van der Waals surface area contributed by atoms with Crippen molar-refractivity contribution in [1.29, 1.82) is 0 Å². The van der Waals surface area contributed by atoms with Gasteiger partial charge in [-0.15, -0.1) is 0 Å². The Balaban J connectivity index is 1.47. The summed E-state index contributed by atoms with van der Waals surface area (Å²) in [5, 5.41) is 0. The Kier molecular flexibility index (Phi) is 4.19. The van der Waals surface area contributed by atoms with Crippen molar-refractivity contribution in [2.75, 3.05) is 26.2 Å². The van der Waals surface area contributed by atoms with Crippen LogP contribution in [0.1, 0.15) is 37.9 Å². The first kappa shape index (κ1) is 16.1. The molecule has 6 nitrogen and oxygen atoms in total. The fourth-order valence-electron chi connectivity index (χ4n) is 4.07. The SMILES string of the molecule is CCN1C[C@@H](C(=O)N2CCC[C@@H](c3nc4ccccc4[nH]3)C2)CC1=O. The number of likely N-dealkylation sites (tertiary alicyclic amines) is 2. The molecule has 25 heavy (non-hydrogen) atoms. The lowest BCUT2D eigenvalue weighted by Gasteiger charge is -2.33. The van der Waals surface area contributed by atoms with E-state index in [1.165, 1.54) is 0 Å². The van der Waals surface area contributed by atoms with Crippen molar-refractivity contribution in [1.82, 2.24) is 19.8 Å².